The lowest BCUT2D eigenvalue weighted by Gasteiger charge is -2.20. The molecule has 1 heterocycles. The summed E-state index contributed by atoms with van der Waals surface area (Å²) in [6.07, 6.45) is 1.20. The molecule has 2 aromatic rings. The zero-order valence-electron chi connectivity index (χ0n) is 12.8. The van der Waals surface area contributed by atoms with E-state index < -0.39 is 0 Å². The first kappa shape index (κ1) is 13.6. The largest absolute Gasteiger partial charge is 0.486 e. The van der Waals surface area contributed by atoms with E-state index >= 15 is 0 Å². The maximum Gasteiger partial charge on any atom is 0.161 e. The Hall–Kier alpha value is -2.00. The van der Waals surface area contributed by atoms with Crippen LogP contribution in [0.15, 0.2) is 48.5 Å². The van der Waals surface area contributed by atoms with E-state index in [1.807, 2.05) is 6.07 Å². The Kier molecular flexibility index (Phi) is 3.30. The van der Waals surface area contributed by atoms with Gasteiger partial charge in [-0.25, -0.2) is 0 Å². The van der Waals surface area contributed by atoms with Crippen LogP contribution in [0.25, 0.3) is 0 Å². The number of rotatable bonds is 4. The molecule has 1 N–H and O–H groups in total. The van der Waals surface area contributed by atoms with Crippen molar-refractivity contribution in [1.29, 1.82) is 0 Å². The molecule has 3 nitrogen and oxygen atoms in total. The monoisotopic (exact) mass is 295 g/mol. The van der Waals surface area contributed by atoms with E-state index in [4.69, 9.17) is 9.47 Å². The highest BCUT2D eigenvalue weighted by molar-refractivity contribution is 5.44. The summed E-state index contributed by atoms with van der Waals surface area (Å²) >= 11 is 0. The molecular weight excluding hydrogens is 274 g/mol. The first-order valence-electron chi connectivity index (χ1n) is 7.93. The second-order valence-electron chi connectivity index (χ2n) is 6.42. The first-order chi connectivity index (χ1) is 10.7. The second-order valence-corrected chi connectivity index (χ2v) is 6.42. The third-order valence-electron chi connectivity index (χ3n) is 4.74. The Morgan fingerprint density at radius 1 is 1.05 bits per heavy atom. The minimum Gasteiger partial charge on any atom is -0.486 e. The number of hydrogen-bond donors (Lipinski definition) is 1. The molecule has 0 bridgehead atoms. The number of hydrogen-bond acceptors (Lipinski definition) is 3. The summed E-state index contributed by atoms with van der Waals surface area (Å²) in [5.74, 6) is 2.34. The second kappa shape index (κ2) is 5.33. The van der Waals surface area contributed by atoms with Crippen LogP contribution < -0.4 is 14.8 Å². The van der Waals surface area contributed by atoms with Gasteiger partial charge in [-0.2, -0.15) is 0 Å². The summed E-state index contributed by atoms with van der Waals surface area (Å²) in [6, 6.07) is 17.0. The standard InChI is InChI=1S/C19H21NO2/c1-19(12-16(19)15-5-3-2-4-6-15)20-13-14-7-8-17-18(11-14)22-10-9-21-17/h2-8,11,16,20H,9-10,12-13H2,1H3. The lowest BCUT2D eigenvalue weighted by Crippen LogP contribution is -2.29. The first-order valence-corrected chi connectivity index (χ1v) is 7.93. The molecule has 2 unspecified atom stereocenters. The van der Waals surface area contributed by atoms with Crippen LogP contribution in [0.3, 0.4) is 0 Å². The van der Waals surface area contributed by atoms with Gasteiger partial charge in [0.1, 0.15) is 13.2 Å². The van der Waals surface area contributed by atoms with Gasteiger partial charge in [-0.05, 0) is 36.6 Å². The molecule has 0 amide bonds. The molecule has 0 aromatic heterocycles. The van der Waals surface area contributed by atoms with Crippen molar-refractivity contribution in [2.45, 2.75) is 31.3 Å². The lowest BCUT2D eigenvalue weighted by molar-refractivity contribution is 0.171. The molecule has 0 spiro atoms. The number of benzene rings is 2. The Morgan fingerprint density at radius 2 is 1.82 bits per heavy atom. The molecule has 1 fully saturated rings. The van der Waals surface area contributed by atoms with E-state index in [1.54, 1.807) is 0 Å². The van der Waals surface area contributed by atoms with Crippen molar-refractivity contribution in [2.75, 3.05) is 13.2 Å². The highest BCUT2D eigenvalue weighted by Gasteiger charge is 2.50. The Bertz CT molecular complexity index is 670. The third-order valence-corrected chi connectivity index (χ3v) is 4.74. The summed E-state index contributed by atoms with van der Waals surface area (Å²) in [5.41, 5.74) is 2.87. The fourth-order valence-corrected chi connectivity index (χ4v) is 3.23. The van der Waals surface area contributed by atoms with Gasteiger partial charge in [0.05, 0.1) is 0 Å². The maximum atomic E-state index is 5.65. The van der Waals surface area contributed by atoms with E-state index in [1.165, 1.54) is 17.5 Å². The van der Waals surface area contributed by atoms with Crippen molar-refractivity contribution < 1.29 is 9.47 Å². The molecule has 1 aliphatic heterocycles. The molecule has 3 heteroatoms. The van der Waals surface area contributed by atoms with Gasteiger partial charge in [0.25, 0.3) is 0 Å². The van der Waals surface area contributed by atoms with E-state index in [0.29, 0.717) is 19.1 Å². The highest BCUT2D eigenvalue weighted by Crippen LogP contribution is 2.51. The van der Waals surface area contributed by atoms with Crippen LogP contribution in [-0.4, -0.2) is 18.8 Å². The molecule has 2 aliphatic rings. The van der Waals surface area contributed by atoms with Crippen LogP contribution in [-0.2, 0) is 6.54 Å². The van der Waals surface area contributed by atoms with Gasteiger partial charge in [-0.1, -0.05) is 36.4 Å². The van der Waals surface area contributed by atoms with Gasteiger partial charge in [0.15, 0.2) is 11.5 Å². The number of nitrogens with one attached hydrogen (secondary N) is 1. The van der Waals surface area contributed by atoms with Crippen LogP contribution in [0.5, 0.6) is 11.5 Å². The third kappa shape index (κ3) is 2.57. The van der Waals surface area contributed by atoms with Gasteiger partial charge < -0.3 is 14.8 Å². The summed E-state index contributed by atoms with van der Waals surface area (Å²) in [7, 11) is 0. The van der Waals surface area contributed by atoms with Crippen LogP contribution >= 0.6 is 0 Å². The quantitative estimate of drug-likeness (QED) is 0.936. The molecular formula is C19H21NO2. The summed E-state index contributed by atoms with van der Waals surface area (Å²) in [4.78, 5) is 0. The van der Waals surface area contributed by atoms with Crippen LogP contribution in [0.1, 0.15) is 30.4 Å². The fraction of sp³-hybridized carbons (Fsp3) is 0.368. The highest BCUT2D eigenvalue weighted by atomic mass is 16.6. The minimum absolute atomic E-state index is 0.203. The molecule has 4 rings (SSSR count). The zero-order chi connectivity index (χ0) is 15.0. The van der Waals surface area contributed by atoms with Gasteiger partial charge in [-0.3, -0.25) is 0 Å². The number of ether oxygens (including phenoxy) is 2. The molecule has 2 aromatic carbocycles. The molecule has 2 atom stereocenters. The van der Waals surface area contributed by atoms with Crippen LogP contribution in [0, 0.1) is 0 Å². The predicted molar refractivity (Wildman–Crippen MR) is 86.5 cm³/mol. The summed E-state index contributed by atoms with van der Waals surface area (Å²) in [6.45, 7) is 4.44. The molecule has 1 aliphatic carbocycles. The van der Waals surface area contributed by atoms with Crippen molar-refractivity contribution in [3.8, 4) is 11.5 Å². The van der Waals surface area contributed by atoms with Gasteiger partial charge >= 0.3 is 0 Å². The normalized spacial score (nSPS) is 25.8. The Balaban J connectivity index is 1.41. The molecule has 22 heavy (non-hydrogen) atoms. The van der Waals surface area contributed by atoms with Crippen molar-refractivity contribution in [3.05, 3.63) is 59.7 Å². The summed E-state index contributed by atoms with van der Waals surface area (Å²) < 4.78 is 11.2. The topological polar surface area (TPSA) is 30.5 Å². The molecule has 114 valence electrons. The van der Waals surface area contributed by atoms with Crippen LogP contribution in [0.2, 0.25) is 0 Å². The van der Waals surface area contributed by atoms with Crippen molar-refractivity contribution in [3.63, 3.8) is 0 Å². The lowest BCUT2D eigenvalue weighted by atomic mass is 10.1. The predicted octanol–water partition coefficient (Wildman–Crippen LogP) is 3.49. The van der Waals surface area contributed by atoms with E-state index in [9.17, 15) is 0 Å². The molecule has 0 saturated heterocycles. The van der Waals surface area contributed by atoms with Crippen molar-refractivity contribution >= 4 is 0 Å². The number of fused-ring (bicyclic) bond motifs is 1. The smallest absolute Gasteiger partial charge is 0.161 e. The van der Waals surface area contributed by atoms with Gasteiger partial charge in [0, 0.05) is 18.0 Å². The average Bonchev–Trinajstić information content (AvgIpc) is 3.26. The van der Waals surface area contributed by atoms with E-state index in [0.717, 1.165) is 18.0 Å². The van der Waals surface area contributed by atoms with Crippen LogP contribution in [0.4, 0.5) is 0 Å². The Labute approximate surface area is 131 Å². The molecule has 0 radical (unpaired) electrons. The van der Waals surface area contributed by atoms with Gasteiger partial charge in [-0.15, -0.1) is 0 Å². The van der Waals surface area contributed by atoms with Crippen molar-refractivity contribution in [1.82, 2.24) is 5.32 Å². The Morgan fingerprint density at radius 3 is 2.64 bits per heavy atom. The average molecular weight is 295 g/mol. The van der Waals surface area contributed by atoms with E-state index in [2.05, 4.69) is 54.7 Å². The van der Waals surface area contributed by atoms with Crippen molar-refractivity contribution in [2.24, 2.45) is 0 Å². The minimum atomic E-state index is 0.203. The van der Waals surface area contributed by atoms with Gasteiger partial charge in [0.2, 0.25) is 0 Å². The SMILES string of the molecule is CC1(NCc2ccc3c(c2)OCCO3)CC1c1ccccc1. The zero-order valence-corrected chi connectivity index (χ0v) is 12.8. The maximum absolute atomic E-state index is 5.65. The van der Waals surface area contributed by atoms with E-state index in [-0.39, 0.29) is 5.54 Å². The molecule has 1 saturated carbocycles. The summed E-state index contributed by atoms with van der Waals surface area (Å²) in [5, 5.41) is 3.71. The fourth-order valence-electron chi connectivity index (χ4n) is 3.23.